The molecule has 0 unspecified atom stereocenters. The summed E-state index contributed by atoms with van der Waals surface area (Å²) in [5.74, 6) is -0.497. The summed E-state index contributed by atoms with van der Waals surface area (Å²) in [6.07, 6.45) is 4.39. The Hall–Kier alpha value is -2.97. The van der Waals surface area contributed by atoms with Crippen molar-refractivity contribution >= 4 is 33.3 Å². The zero-order valence-corrected chi connectivity index (χ0v) is 16.4. The molecule has 0 saturated heterocycles. The van der Waals surface area contributed by atoms with E-state index in [4.69, 9.17) is 16.3 Å². The van der Waals surface area contributed by atoms with Gasteiger partial charge in [-0.1, -0.05) is 29.8 Å². The molecule has 0 aliphatic heterocycles. The minimum atomic E-state index is -3.83. The molecule has 0 atom stereocenters. The summed E-state index contributed by atoms with van der Waals surface area (Å²) in [5, 5.41) is -0.00207. The number of hydrogen-bond donors (Lipinski definition) is 1. The molecule has 9 heteroatoms. The van der Waals surface area contributed by atoms with Crippen LogP contribution in [0.5, 0.6) is 0 Å². The summed E-state index contributed by atoms with van der Waals surface area (Å²) in [6.45, 7) is 1.96. The lowest BCUT2D eigenvalue weighted by atomic mass is 10.1. The van der Waals surface area contributed by atoms with Crippen molar-refractivity contribution in [3.8, 4) is 11.1 Å². The summed E-state index contributed by atoms with van der Waals surface area (Å²) in [5.41, 5.74) is 1.49. The van der Waals surface area contributed by atoms with E-state index < -0.39 is 16.0 Å². The molecule has 0 aliphatic carbocycles. The van der Waals surface area contributed by atoms with Gasteiger partial charge in [-0.2, -0.15) is 0 Å². The molecule has 7 nitrogen and oxygen atoms in total. The van der Waals surface area contributed by atoms with Gasteiger partial charge in [-0.25, -0.2) is 18.2 Å². The van der Waals surface area contributed by atoms with Gasteiger partial charge in [0.1, 0.15) is 0 Å². The molecular weight excluding hydrogens is 402 g/mol. The highest BCUT2D eigenvalue weighted by molar-refractivity contribution is 7.92. The van der Waals surface area contributed by atoms with Crippen molar-refractivity contribution in [2.75, 3.05) is 11.3 Å². The second-order valence-electron chi connectivity index (χ2n) is 5.66. The molecule has 2 heterocycles. The van der Waals surface area contributed by atoms with Gasteiger partial charge in [0, 0.05) is 29.7 Å². The summed E-state index contributed by atoms with van der Waals surface area (Å²) in [4.78, 5) is 20.1. The number of nitrogens with one attached hydrogen (secondary N) is 1. The van der Waals surface area contributed by atoms with Crippen LogP contribution in [0.4, 0.5) is 5.69 Å². The van der Waals surface area contributed by atoms with Crippen molar-refractivity contribution in [2.24, 2.45) is 0 Å². The number of esters is 1. The summed E-state index contributed by atoms with van der Waals surface area (Å²) in [7, 11) is -3.83. The van der Waals surface area contributed by atoms with E-state index in [1.165, 1.54) is 36.8 Å². The van der Waals surface area contributed by atoms with Crippen molar-refractivity contribution in [1.29, 1.82) is 0 Å². The van der Waals surface area contributed by atoms with Gasteiger partial charge < -0.3 is 4.74 Å². The Labute approximate surface area is 167 Å². The average molecular weight is 418 g/mol. The summed E-state index contributed by atoms with van der Waals surface area (Å²) >= 11 is 6.07. The zero-order valence-electron chi connectivity index (χ0n) is 14.8. The minimum absolute atomic E-state index is 0.00207. The summed E-state index contributed by atoms with van der Waals surface area (Å²) < 4.78 is 32.5. The first-order valence-corrected chi connectivity index (χ1v) is 10.1. The molecule has 1 N–H and O–H groups in total. The minimum Gasteiger partial charge on any atom is -0.462 e. The third-order valence-corrected chi connectivity index (χ3v) is 5.40. The van der Waals surface area contributed by atoms with Gasteiger partial charge in [0.25, 0.3) is 10.0 Å². The number of carbonyl (C=O) groups is 1. The standard InChI is InChI=1S/C19H16ClN3O4S/c1-2-27-19(24)15-8-13(10-21-11-15)14-9-17(18(20)22-12-14)23-28(25,26)16-6-4-3-5-7-16/h3-12,23H,2H2,1H3. The fourth-order valence-corrected chi connectivity index (χ4v) is 3.69. The number of ether oxygens (including phenoxy) is 1. The number of halogens is 1. The normalized spacial score (nSPS) is 11.1. The highest BCUT2D eigenvalue weighted by Gasteiger charge is 2.17. The molecule has 0 spiro atoms. The second-order valence-corrected chi connectivity index (χ2v) is 7.70. The van der Waals surface area contributed by atoms with Crippen LogP contribution in [0.2, 0.25) is 5.15 Å². The van der Waals surface area contributed by atoms with Crippen LogP contribution < -0.4 is 4.72 Å². The lowest BCUT2D eigenvalue weighted by molar-refractivity contribution is 0.0526. The van der Waals surface area contributed by atoms with Crippen molar-refractivity contribution < 1.29 is 17.9 Å². The van der Waals surface area contributed by atoms with Crippen LogP contribution in [0.3, 0.4) is 0 Å². The Balaban J connectivity index is 1.94. The van der Waals surface area contributed by atoms with Crippen molar-refractivity contribution in [2.45, 2.75) is 11.8 Å². The van der Waals surface area contributed by atoms with E-state index in [0.29, 0.717) is 11.1 Å². The van der Waals surface area contributed by atoms with Crippen molar-refractivity contribution in [1.82, 2.24) is 9.97 Å². The largest absolute Gasteiger partial charge is 0.462 e. The molecule has 0 radical (unpaired) electrons. The van der Waals surface area contributed by atoms with E-state index in [9.17, 15) is 13.2 Å². The van der Waals surface area contributed by atoms with Crippen LogP contribution >= 0.6 is 11.6 Å². The molecule has 3 aromatic rings. The molecular formula is C19H16ClN3O4S. The second kappa shape index (κ2) is 8.37. The van der Waals surface area contributed by atoms with Crippen LogP contribution in [-0.2, 0) is 14.8 Å². The Bertz CT molecular complexity index is 1110. The van der Waals surface area contributed by atoms with Crippen LogP contribution in [0.1, 0.15) is 17.3 Å². The lowest BCUT2D eigenvalue weighted by Gasteiger charge is -2.11. The van der Waals surface area contributed by atoms with Crippen LogP contribution in [0.25, 0.3) is 11.1 Å². The molecule has 3 rings (SSSR count). The van der Waals surface area contributed by atoms with Gasteiger partial charge in [-0.15, -0.1) is 0 Å². The first-order valence-electron chi connectivity index (χ1n) is 8.26. The first-order chi connectivity index (χ1) is 13.4. The van der Waals surface area contributed by atoms with E-state index in [1.807, 2.05) is 0 Å². The highest BCUT2D eigenvalue weighted by Crippen LogP contribution is 2.28. The topological polar surface area (TPSA) is 98.2 Å². The van der Waals surface area contributed by atoms with E-state index in [2.05, 4.69) is 14.7 Å². The smallest absolute Gasteiger partial charge is 0.339 e. The predicted octanol–water partition coefficient (Wildman–Crippen LogP) is 3.77. The number of carbonyl (C=O) groups excluding carboxylic acids is 1. The van der Waals surface area contributed by atoms with Crippen molar-refractivity contribution in [3.63, 3.8) is 0 Å². The number of pyridine rings is 2. The average Bonchev–Trinajstić information content (AvgIpc) is 2.70. The number of anilines is 1. The van der Waals surface area contributed by atoms with E-state index in [0.717, 1.165) is 0 Å². The number of aromatic nitrogens is 2. The van der Waals surface area contributed by atoms with Gasteiger partial charge in [0.2, 0.25) is 0 Å². The maximum Gasteiger partial charge on any atom is 0.339 e. The maximum atomic E-state index is 12.5. The molecule has 0 saturated carbocycles. The van der Waals surface area contributed by atoms with Crippen LogP contribution in [-0.4, -0.2) is 31.0 Å². The molecule has 28 heavy (non-hydrogen) atoms. The SMILES string of the molecule is CCOC(=O)c1cncc(-c2cnc(Cl)c(NS(=O)(=O)c3ccccc3)c2)c1. The lowest BCUT2D eigenvalue weighted by Crippen LogP contribution is -2.13. The van der Waals surface area contributed by atoms with Gasteiger partial charge >= 0.3 is 5.97 Å². The number of rotatable bonds is 6. The Morgan fingerprint density at radius 1 is 1.11 bits per heavy atom. The van der Waals surface area contributed by atoms with E-state index in [-0.39, 0.29) is 27.9 Å². The van der Waals surface area contributed by atoms with Gasteiger partial charge in [-0.05, 0) is 31.2 Å². The maximum absolute atomic E-state index is 12.5. The Kier molecular flexibility index (Phi) is 5.91. The Morgan fingerprint density at radius 3 is 2.54 bits per heavy atom. The first kappa shape index (κ1) is 19.8. The highest BCUT2D eigenvalue weighted by atomic mass is 35.5. The van der Waals surface area contributed by atoms with Crippen molar-refractivity contribution in [3.05, 3.63) is 71.8 Å². The fourth-order valence-electron chi connectivity index (χ4n) is 2.40. The quantitative estimate of drug-likeness (QED) is 0.484. The van der Waals surface area contributed by atoms with Crippen LogP contribution in [0, 0.1) is 0 Å². The summed E-state index contributed by atoms with van der Waals surface area (Å²) in [6, 6.07) is 11.0. The molecule has 2 aromatic heterocycles. The van der Waals surface area contributed by atoms with Gasteiger partial charge in [0.15, 0.2) is 5.15 Å². The number of benzene rings is 1. The fraction of sp³-hybridized carbons (Fsp3) is 0.105. The molecule has 0 fully saturated rings. The molecule has 0 aliphatic rings. The number of sulfonamides is 1. The monoisotopic (exact) mass is 417 g/mol. The number of hydrogen-bond acceptors (Lipinski definition) is 6. The molecule has 1 aromatic carbocycles. The van der Waals surface area contributed by atoms with Crippen LogP contribution in [0.15, 0.2) is 66.0 Å². The molecule has 0 bridgehead atoms. The molecule has 0 amide bonds. The third-order valence-electron chi connectivity index (χ3n) is 3.72. The van der Waals surface area contributed by atoms with Gasteiger partial charge in [-0.3, -0.25) is 9.71 Å². The Morgan fingerprint density at radius 2 is 1.82 bits per heavy atom. The van der Waals surface area contributed by atoms with E-state index in [1.54, 1.807) is 31.2 Å². The van der Waals surface area contributed by atoms with Gasteiger partial charge in [0.05, 0.1) is 22.8 Å². The van der Waals surface area contributed by atoms with E-state index >= 15 is 0 Å². The molecule has 144 valence electrons. The predicted molar refractivity (Wildman–Crippen MR) is 106 cm³/mol. The third kappa shape index (κ3) is 4.47. The zero-order chi connectivity index (χ0) is 20.1. The number of nitrogens with zero attached hydrogens (tertiary/aromatic N) is 2.